The third-order valence-corrected chi connectivity index (χ3v) is 3.86. The number of hydrogen-bond acceptors (Lipinski definition) is 4. The molecule has 2 rings (SSSR count). The zero-order valence-electron chi connectivity index (χ0n) is 13.0. The lowest BCUT2D eigenvalue weighted by Crippen LogP contribution is -2.41. The van der Waals surface area contributed by atoms with Gasteiger partial charge in [0.25, 0.3) is 5.91 Å². The average Bonchev–Trinajstić information content (AvgIpc) is 2.47. The van der Waals surface area contributed by atoms with Crippen LogP contribution in [-0.2, 0) is 11.2 Å². The summed E-state index contributed by atoms with van der Waals surface area (Å²) >= 11 is 0. The molecule has 2 N–H and O–H groups in total. The summed E-state index contributed by atoms with van der Waals surface area (Å²) in [5.74, 6) is 0.916. The minimum absolute atomic E-state index is 0.0576. The highest BCUT2D eigenvalue weighted by Gasteiger charge is 2.24. The average molecular weight is 291 g/mol. The van der Waals surface area contributed by atoms with Crippen molar-refractivity contribution < 1.29 is 9.53 Å². The second-order valence-electron chi connectivity index (χ2n) is 5.74. The largest absolute Gasteiger partial charge is 0.384 e. The zero-order valence-corrected chi connectivity index (χ0v) is 13.0. The number of rotatable bonds is 5. The summed E-state index contributed by atoms with van der Waals surface area (Å²) in [7, 11) is 1.71. The van der Waals surface area contributed by atoms with Crippen molar-refractivity contribution in [3.8, 4) is 0 Å². The van der Waals surface area contributed by atoms with Crippen LogP contribution >= 0.6 is 0 Å². The lowest BCUT2D eigenvalue weighted by atomic mass is 9.98. The summed E-state index contributed by atoms with van der Waals surface area (Å²) in [6.07, 6.45) is 3.99. The molecule has 0 saturated carbocycles. The van der Waals surface area contributed by atoms with Gasteiger partial charge < -0.3 is 15.4 Å². The van der Waals surface area contributed by atoms with Gasteiger partial charge in [0.2, 0.25) is 0 Å². The molecule has 1 fully saturated rings. The number of amides is 1. The van der Waals surface area contributed by atoms with Crippen LogP contribution in [0.2, 0.25) is 0 Å². The van der Waals surface area contributed by atoms with Gasteiger partial charge in [-0.15, -0.1) is 0 Å². The van der Waals surface area contributed by atoms with Crippen LogP contribution in [0.3, 0.4) is 0 Å². The summed E-state index contributed by atoms with van der Waals surface area (Å²) in [6, 6.07) is 3.56. The van der Waals surface area contributed by atoms with Crippen molar-refractivity contribution in [3.05, 3.63) is 23.4 Å². The van der Waals surface area contributed by atoms with Crippen LogP contribution < -0.4 is 5.73 Å². The fourth-order valence-electron chi connectivity index (χ4n) is 2.92. The molecular weight excluding hydrogens is 266 g/mol. The van der Waals surface area contributed by atoms with Crippen molar-refractivity contribution >= 4 is 11.7 Å². The minimum atomic E-state index is 0.0576. The maximum absolute atomic E-state index is 12.7. The predicted molar refractivity (Wildman–Crippen MR) is 83.1 cm³/mol. The van der Waals surface area contributed by atoms with Crippen LogP contribution in [0.5, 0.6) is 0 Å². The van der Waals surface area contributed by atoms with Gasteiger partial charge in [-0.25, -0.2) is 4.98 Å². The molecule has 0 radical (unpaired) electrons. The van der Waals surface area contributed by atoms with E-state index in [1.807, 2.05) is 11.0 Å². The summed E-state index contributed by atoms with van der Waals surface area (Å²) in [5.41, 5.74) is 7.38. The number of aryl methyl sites for hydroxylation is 1. The van der Waals surface area contributed by atoms with Crippen molar-refractivity contribution in [2.75, 3.05) is 32.5 Å². The lowest BCUT2D eigenvalue weighted by molar-refractivity contribution is 0.0570. The van der Waals surface area contributed by atoms with E-state index < -0.39 is 0 Å². The van der Waals surface area contributed by atoms with Crippen molar-refractivity contribution in [2.24, 2.45) is 5.92 Å². The molecule has 1 aliphatic heterocycles. The van der Waals surface area contributed by atoms with Crippen LogP contribution in [0.25, 0.3) is 0 Å². The first-order chi connectivity index (χ1) is 10.1. The van der Waals surface area contributed by atoms with Gasteiger partial charge in [-0.1, -0.05) is 13.3 Å². The van der Waals surface area contributed by atoms with Crippen molar-refractivity contribution in [3.63, 3.8) is 0 Å². The van der Waals surface area contributed by atoms with Crippen molar-refractivity contribution in [1.29, 1.82) is 0 Å². The van der Waals surface area contributed by atoms with Gasteiger partial charge in [-0.2, -0.15) is 0 Å². The Bertz CT molecular complexity index is 488. The number of nitrogen functional groups attached to an aromatic ring is 1. The molecule has 1 amide bonds. The highest BCUT2D eigenvalue weighted by atomic mass is 16.5. The number of aromatic nitrogens is 1. The van der Waals surface area contributed by atoms with Gasteiger partial charge in [0.15, 0.2) is 0 Å². The van der Waals surface area contributed by atoms with Crippen molar-refractivity contribution in [2.45, 2.75) is 32.6 Å². The monoisotopic (exact) mass is 291 g/mol. The number of piperidine rings is 1. The van der Waals surface area contributed by atoms with Gasteiger partial charge in [0.1, 0.15) is 5.82 Å². The van der Waals surface area contributed by atoms with E-state index in [1.165, 1.54) is 0 Å². The number of nitrogens with zero attached hydrogens (tertiary/aromatic N) is 2. The Balaban J connectivity index is 2.11. The minimum Gasteiger partial charge on any atom is -0.384 e. The SMILES string of the molecule is CCCc1cc(C(=O)N2CCCC(COC)C2)cc(N)n1. The molecule has 0 spiro atoms. The van der Waals surface area contributed by atoms with E-state index >= 15 is 0 Å². The standard InChI is InChI=1S/C16H25N3O2/c1-3-5-14-8-13(9-15(17)18-14)16(20)19-7-4-6-12(10-19)11-21-2/h8-9,12H,3-7,10-11H2,1-2H3,(H2,17,18). The summed E-state index contributed by atoms with van der Waals surface area (Å²) < 4.78 is 5.22. The molecular formula is C16H25N3O2. The van der Waals surface area contributed by atoms with Crippen LogP contribution in [0, 0.1) is 5.92 Å². The Morgan fingerprint density at radius 1 is 1.52 bits per heavy atom. The number of carbonyl (C=O) groups is 1. The molecule has 1 atom stereocenters. The molecule has 2 heterocycles. The molecule has 5 nitrogen and oxygen atoms in total. The van der Waals surface area contributed by atoms with Gasteiger partial charge >= 0.3 is 0 Å². The van der Waals surface area contributed by atoms with Crippen molar-refractivity contribution in [1.82, 2.24) is 9.88 Å². The fraction of sp³-hybridized carbons (Fsp3) is 0.625. The van der Waals surface area contributed by atoms with E-state index in [-0.39, 0.29) is 5.91 Å². The Morgan fingerprint density at radius 2 is 2.33 bits per heavy atom. The number of anilines is 1. The van der Waals surface area contributed by atoms with E-state index in [2.05, 4.69) is 11.9 Å². The number of hydrogen-bond donors (Lipinski definition) is 1. The molecule has 1 aliphatic rings. The van der Waals surface area contributed by atoms with E-state index in [0.717, 1.165) is 44.5 Å². The number of carbonyl (C=O) groups excluding carboxylic acids is 1. The van der Waals surface area contributed by atoms with Gasteiger partial charge in [0, 0.05) is 31.5 Å². The number of ether oxygens (including phenoxy) is 1. The molecule has 1 unspecified atom stereocenters. The predicted octanol–water partition coefficient (Wildman–Crippen LogP) is 2.11. The van der Waals surface area contributed by atoms with Gasteiger partial charge in [-0.05, 0) is 37.3 Å². The maximum atomic E-state index is 12.7. The highest BCUT2D eigenvalue weighted by Crippen LogP contribution is 2.20. The third kappa shape index (κ3) is 4.17. The lowest BCUT2D eigenvalue weighted by Gasteiger charge is -2.32. The molecule has 0 aliphatic carbocycles. The first-order valence-electron chi connectivity index (χ1n) is 7.68. The fourth-order valence-corrected chi connectivity index (χ4v) is 2.92. The van der Waals surface area contributed by atoms with E-state index in [1.54, 1.807) is 13.2 Å². The first-order valence-corrected chi connectivity index (χ1v) is 7.68. The topological polar surface area (TPSA) is 68.5 Å². The van der Waals surface area contributed by atoms with Crippen LogP contribution in [0.4, 0.5) is 5.82 Å². The summed E-state index contributed by atoms with van der Waals surface area (Å²) in [4.78, 5) is 18.9. The first kappa shape index (κ1) is 15.8. The molecule has 21 heavy (non-hydrogen) atoms. The molecule has 116 valence electrons. The number of pyridine rings is 1. The van der Waals surface area contributed by atoms with Crippen LogP contribution in [-0.4, -0.2) is 42.6 Å². The zero-order chi connectivity index (χ0) is 15.2. The molecule has 0 bridgehead atoms. The second-order valence-corrected chi connectivity index (χ2v) is 5.74. The van der Waals surface area contributed by atoms with Gasteiger partial charge in [-0.3, -0.25) is 4.79 Å². The van der Waals surface area contributed by atoms with E-state index in [9.17, 15) is 4.79 Å². The quantitative estimate of drug-likeness (QED) is 0.902. The third-order valence-electron chi connectivity index (χ3n) is 3.86. The second kappa shape index (κ2) is 7.41. The van der Waals surface area contributed by atoms with Gasteiger partial charge in [0.05, 0.1) is 6.61 Å². The Kier molecular flexibility index (Phi) is 5.56. The number of nitrogens with two attached hydrogens (primary N) is 1. The smallest absolute Gasteiger partial charge is 0.254 e. The Labute approximate surface area is 126 Å². The number of methoxy groups -OCH3 is 1. The maximum Gasteiger partial charge on any atom is 0.254 e. The normalized spacial score (nSPS) is 18.8. The molecule has 5 heteroatoms. The van der Waals surface area contributed by atoms with Crippen LogP contribution in [0.1, 0.15) is 42.2 Å². The molecule has 1 aromatic rings. The van der Waals surface area contributed by atoms with Crippen LogP contribution in [0.15, 0.2) is 12.1 Å². The molecule has 0 aromatic carbocycles. The molecule has 1 aromatic heterocycles. The summed E-state index contributed by atoms with van der Waals surface area (Å²) in [5, 5.41) is 0. The Hall–Kier alpha value is -1.62. The highest BCUT2D eigenvalue weighted by molar-refractivity contribution is 5.95. The van der Waals surface area contributed by atoms with E-state index in [0.29, 0.717) is 23.9 Å². The van der Waals surface area contributed by atoms with E-state index in [4.69, 9.17) is 10.5 Å². The Morgan fingerprint density at radius 3 is 3.05 bits per heavy atom. The number of likely N-dealkylation sites (tertiary alicyclic amines) is 1. The summed E-state index contributed by atoms with van der Waals surface area (Å²) in [6.45, 7) is 4.37. The molecule has 1 saturated heterocycles.